The van der Waals surface area contributed by atoms with Gasteiger partial charge in [-0.25, -0.2) is 4.79 Å². The minimum atomic E-state index is -0.441. The summed E-state index contributed by atoms with van der Waals surface area (Å²) in [6.07, 6.45) is 0.690. The van der Waals surface area contributed by atoms with Gasteiger partial charge >= 0.3 is 5.97 Å². The Balaban J connectivity index is 2.15. The summed E-state index contributed by atoms with van der Waals surface area (Å²) in [5, 5.41) is 3.23. The molecule has 3 nitrogen and oxygen atoms in total. The Bertz CT molecular complexity index is 491. The van der Waals surface area contributed by atoms with E-state index in [2.05, 4.69) is 28.2 Å². The standard InChI is InChI=1S/C14H18BrNO2/c1-8-9-7-12(13(17)18-14(2,3)4)16-11(9)6-5-10(8)15/h5-6,12,16H,7H2,1-4H3. The maximum atomic E-state index is 12.0. The van der Waals surface area contributed by atoms with E-state index in [0.29, 0.717) is 6.42 Å². The van der Waals surface area contributed by atoms with Crippen LogP contribution in [0.3, 0.4) is 0 Å². The third-order valence-electron chi connectivity index (χ3n) is 2.96. The van der Waals surface area contributed by atoms with E-state index in [0.717, 1.165) is 10.2 Å². The summed E-state index contributed by atoms with van der Waals surface area (Å²) < 4.78 is 6.49. The van der Waals surface area contributed by atoms with Crippen molar-refractivity contribution < 1.29 is 9.53 Å². The molecule has 1 aromatic rings. The zero-order valence-electron chi connectivity index (χ0n) is 11.1. The minimum absolute atomic E-state index is 0.186. The molecule has 1 heterocycles. The van der Waals surface area contributed by atoms with E-state index in [1.807, 2.05) is 32.9 Å². The van der Waals surface area contributed by atoms with Crippen LogP contribution in [0.1, 0.15) is 31.9 Å². The monoisotopic (exact) mass is 311 g/mol. The highest BCUT2D eigenvalue weighted by atomic mass is 79.9. The van der Waals surface area contributed by atoms with E-state index in [1.54, 1.807) is 0 Å². The third kappa shape index (κ3) is 2.69. The van der Waals surface area contributed by atoms with Crippen molar-refractivity contribution in [1.29, 1.82) is 0 Å². The lowest BCUT2D eigenvalue weighted by Gasteiger charge is -2.22. The number of ether oxygens (including phenoxy) is 1. The van der Waals surface area contributed by atoms with Gasteiger partial charge in [-0.05, 0) is 51.0 Å². The Morgan fingerprint density at radius 2 is 2.11 bits per heavy atom. The molecule has 0 amide bonds. The highest BCUT2D eigenvalue weighted by Gasteiger charge is 2.31. The van der Waals surface area contributed by atoms with E-state index in [9.17, 15) is 4.79 Å². The van der Waals surface area contributed by atoms with Crippen molar-refractivity contribution in [2.45, 2.75) is 45.8 Å². The highest BCUT2D eigenvalue weighted by Crippen LogP contribution is 2.33. The molecule has 0 spiro atoms. The lowest BCUT2D eigenvalue weighted by atomic mass is 10.0. The molecule has 0 saturated heterocycles. The van der Waals surface area contributed by atoms with Gasteiger partial charge in [0.2, 0.25) is 0 Å². The Morgan fingerprint density at radius 3 is 2.72 bits per heavy atom. The predicted octanol–water partition coefficient (Wildman–Crippen LogP) is 3.44. The zero-order chi connectivity index (χ0) is 13.5. The number of anilines is 1. The Kier molecular flexibility index (Phi) is 3.41. The molecule has 0 radical (unpaired) electrons. The summed E-state index contributed by atoms with van der Waals surface area (Å²) in [6, 6.07) is 3.72. The number of hydrogen-bond donors (Lipinski definition) is 1. The van der Waals surface area contributed by atoms with Crippen LogP contribution in [0, 0.1) is 6.92 Å². The van der Waals surface area contributed by atoms with E-state index >= 15 is 0 Å². The van der Waals surface area contributed by atoms with Crippen molar-refractivity contribution in [1.82, 2.24) is 0 Å². The van der Waals surface area contributed by atoms with Gasteiger partial charge in [-0.3, -0.25) is 0 Å². The molecule has 1 aromatic carbocycles. The normalized spacial score (nSPS) is 18.2. The number of nitrogens with one attached hydrogen (secondary N) is 1. The molecule has 1 atom stereocenters. The second kappa shape index (κ2) is 4.57. The van der Waals surface area contributed by atoms with Gasteiger partial charge in [0.15, 0.2) is 0 Å². The number of carbonyl (C=O) groups is 1. The van der Waals surface area contributed by atoms with Crippen LogP contribution in [0.25, 0.3) is 0 Å². The van der Waals surface area contributed by atoms with E-state index in [-0.39, 0.29) is 12.0 Å². The second-order valence-electron chi connectivity index (χ2n) is 5.63. The molecular weight excluding hydrogens is 294 g/mol. The fourth-order valence-electron chi connectivity index (χ4n) is 2.08. The molecular formula is C14H18BrNO2. The predicted molar refractivity (Wildman–Crippen MR) is 75.8 cm³/mol. The number of benzene rings is 1. The van der Waals surface area contributed by atoms with Crippen molar-refractivity contribution in [3.05, 3.63) is 27.7 Å². The van der Waals surface area contributed by atoms with Gasteiger partial charge in [0.05, 0.1) is 0 Å². The molecule has 0 aliphatic carbocycles. The Hall–Kier alpha value is -1.03. The van der Waals surface area contributed by atoms with Crippen molar-refractivity contribution in [3.63, 3.8) is 0 Å². The van der Waals surface area contributed by atoms with Gasteiger partial charge < -0.3 is 10.1 Å². The van der Waals surface area contributed by atoms with E-state index in [4.69, 9.17) is 4.74 Å². The number of esters is 1. The molecule has 18 heavy (non-hydrogen) atoms. The molecule has 1 aliphatic rings. The quantitative estimate of drug-likeness (QED) is 0.807. The molecule has 0 fully saturated rings. The number of hydrogen-bond acceptors (Lipinski definition) is 3. The number of halogens is 1. The van der Waals surface area contributed by atoms with Crippen LogP contribution in [0.2, 0.25) is 0 Å². The van der Waals surface area contributed by atoms with Crippen LogP contribution in [-0.2, 0) is 16.0 Å². The summed E-state index contributed by atoms with van der Waals surface area (Å²) in [5.41, 5.74) is 2.97. The summed E-state index contributed by atoms with van der Waals surface area (Å²) in [4.78, 5) is 12.0. The van der Waals surface area contributed by atoms with Crippen LogP contribution in [0.5, 0.6) is 0 Å². The number of fused-ring (bicyclic) bond motifs is 1. The first kappa shape index (κ1) is 13.4. The van der Waals surface area contributed by atoms with E-state index < -0.39 is 5.60 Å². The lowest BCUT2D eigenvalue weighted by molar-refractivity contribution is -0.155. The molecule has 1 N–H and O–H groups in total. The molecule has 0 aromatic heterocycles. The van der Waals surface area contributed by atoms with Crippen LogP contribution >= 0.6 is 15.9 Å². The molecule has 0 bridgehead atoms. The topological polar surface area (TPSA) is 38.3 Å². The maximum Gasteiger partial charge on any atom is 0.329 e. The van der Waals surface area contributed by atoms with Gasteiger partial charge in [0, 0.05) is 16.6 Å². The Labute approximate surface area is 116 Å². The third-order valence-corrected chi connectivity index (χ3v) is 3.82. The van der Waals surface area contributed by atoms with Crippen molar-refractivity contribution in [3.8, 4) is 0 Å². The van der Waals surface area contributed by atoms with E-state index in [1.165, 1.54) is 11.1 Å². The molecule has 0 saturated carbocycles. The smallest absolute Gasteiger partial charge is 0.329 e. The van der Waals surface area contributed by atoms with Gasteiger partial charge in [-0.2, -0.15) is 0 Å². The van der Waals surface area contributed by atoms with Gasteiger partial charge in [-0.15, -0.1) is 0 Å². The SMILES string of the molecule is Cc1c(Br)ccc2c1CC(C(=O)OC(C)(C)C)N2. The first-order valence-corrected chi connectivity index (χ1v) is 6.84. The molecule has 1 unspecified atom stereocenters. The van der Waals surface area contributed by atoms with Gasteiger partial charge in [0.25, 0.3) is 0 Å². The van der Waals surface area contributed by atoms with Crippen molar-refractivity contribution in [2.75, 3.05) is 5.32 Å². The largest absolute Gasteiger partial charge is 0.458 e. The van der Waals surface area contributed by atoms with Crippen molar-refractivity contribution >= 4 is 27.6 Å². The van der Waals surface area contributed by atoms with Gasteiger partial charge in [-0.1, -0.05) is 15.9 Å². The average molecular weight is 312 g/mol. The van der Waals surface area contributed by atoms with Crippen LogP contribution in [0.4, 0.5) is 5.69 Å². The summed E-state index contributed by atoms with van der Waals surface area (Å²) in [5.74, 6) is -0.186. The number of rotatable bonds is 1. The minimum Gasteiger partial charge on any atom is -0.458 e. The Morgan fingerprint density at radius 1 is 1.44 bits per heavy atom. The first-order valence-electron chi connectivity index (χ1n) is 6.05. The first-order chi connectivity index (χ1) is 8.28. The fraction of sp³-hybridized carbons (Fsp3) is 0.500. The second-order valence-corrected chi connectivity index (χ2v) is 6.49. The molecule has 2 rings (SSSR count). The molecule has 1 aliphatic heterocycles. The van der Waals surface area contributed by atoms with Crippen LogP contribution in [0.15, 0.2) is 16.6 Å². The summed E-state index contributed by atoms with van der Waals surface area (Å²) in [7, 11) is 0. The maximum absolute atomic E-state index is 12.0. The molecule has 4 heteroatoms. The summed E-state index contributed by atoms with van der Waals surface area (Å²) >= 11 is 3.51. The van der Waals surface area contributed by atoms with Gasteiger partial charge in [0.1, 0.15) is 11.6 Å². The van der Waals surface area contributed by atoms with Crippen LogP contribution < -0.4 is 5.32 Å². The average Bonchev–Trinajstić information content (AvgIpc) is 2.66. The zero-order valence-corrected chi connectivity index (χ0v) is 12.7. The number of carbonyl (C=O) groups excluding carboxylic acids is 1. The highest BCUT2D eigenvalue weighted by molar-refractivity contribution is 9.10. The fourth-order valence-corrected chi connectivity index (χ4v) is 2.46. The van der Waals surface area contributed by atoms with Crippen LogP contribution in [-0.4, -0.2) is 17.6 Å². The summed E-state index contributed by atoms with van der Waals surface area (Å²) in [6.45, 7) is 7.71. The molecule has 98 valence electrons. The van der Waals surface area contributed by atoms with Crippen molar-refractivity contribution in [2.24, 2.45) is 0 Å². The lowest BCUT2D eigenvalue weighted by Crippen LogP contribution is -2.35.